The maximum Gasteiger partial charge on any atom is 0.231 e. The standard InChI is InChI=1S/C20H24N2O4/c23-18-10-20(7-8-21(11-20)19(24)14-3-1-2-4-14)12-22(18)15-5-6-16-17(9-15)26-13-25-16/h5-6,9,14H,1-4,7-8,10-13H2. The van der Waals surface area contributed by atoms with Gasteiger partial charge in [0.25, 0.3) is 0 Å². The van der Waals surface area contributed by atoms with Gasteiger partial charge in [-0.05, 0) is 31.4 Å². The predicted molar refractivity (Wildman–Crippen MR) is 95.1 cm³/mol. The van der Waals surface area contributed by atoms with Crippen molar-refractivity contribution in [2.45, 2.75) is 38.5 Å². The second kappa shape index (κ2) is 5.89. The SMILES string of the molecule is O=C(C1CCCC1)N1CCC2(CC(=O)N(c3ccc4c(c3)OCO4)C2)C1. The maximum absolute atomic E-state index is 12.7. The van der Waals surface area contributed by atoms with Gasteiger partial charge in [0.15, 0.2) is 11.5 Å². The van der Waals surface area contributed by atoms with Gasteiger partial charge in [-0.15, -0.1) is 0 Å². The molecule has 1 unspecified atom stereocenters. The van der Waals surface area contributed by atoms with Crippen LogP contribution in [-0.2, 0) is 9.59 Å². The fourth-order valence-corrected chi connectivity index (χ4v) is 5.01. The summed E-state index contributed by atoms with van der Waals surface area (Å²) < 4.78 is 10.8. The summed E-state index contributed by atoms with van der Waals surface area (Å²) >= 11 is 0. The van der Waals surface area contributed by atoms with Gasteiger partial charge in [0, 0.05) is 49.1 Å². The zero-order chi connectivity index (χ0) is 17.7. The molecule has 3 heterocycles. The lowest BCUT2D eigenvalue weighted by atomic mass is 9.86. The van der Waals surface area contributed by atoms with Crippen molar-refractivity contribution < 1.29 is 19.1 Å². The zero-order valence-electron chi connectivity index (χ0n) is 14.9. The van der Waals surface area contributed by atoms with E-state index in [0.717, 1.165) is 43.8 Å². The van der Waals surface area contributed by atoms with E-state index in [1.165, 1.54) is 12.8 Å². The lowest BCUT2D eigenvalue weighted by Gasteiger charge is -2.25. The highest BCUT2D eigenvalue weighted by atomic mass is 16.7. The molecule has 138 valence electrons. The highest BCUT2D eigenvalue weighted by Crippen LogP contribution is 2.44. The number of ether oxygens (including phenoxy) is 2. The van der Waals surface area contributed by atoms with E-state index in [0.29, 0.717) is 24.6 Å². The second-order valence-electron chi connectivity index (χ2n) is 8.19. The van der Waals surface area contributed by atoms with Crippen LogP contribution in [0, 0.1) is 11.3 Å². The fourth-order valence-electron chi connectivity index (χ4n) is 5.01. The molecule has 26 heavy (non-hydrogen) atoms. The number of amides is 2. The van der Waals surface area contributed by atoms with Crippen molar-refractivity contribution in [3.05, 3.63) is 18.2 Å². The number of anilines is 1. The van der Waals surface area contributed by atoms with Gasteiger partial charge >= 0.3 is 0 Å². The normalized spacial score (nSPS) is 27.9. The minimum absolute atomic E-state index is 0.0955. The molecule has 5 rings (SSSR count). The smallest absolute Gasteiger partial charge is 0.231 e. The van der Waals surface area contributed by atoms with Crippen LogP contribution in [-0.4, -0.2) is 43.1 Å². The third-order valence-corrected chi connectivity index (χ3v) is 6.44. The van der Waals surface area contributed by atoms with E-state index in [1.807, 2.05) is 28.0 Å². The van der Waals surface area contributed by atoms with E-state index in [2.05, 4.69) is 0 Å². The summed E-state index contributed by atoms with van der Waals surface area (Å²) in [5.74, 6) is 2.09. The Balaban J connectivity index is 1.31. The lowest BCUT2D eigenvalue weighted by Crippen LogP contribution is -2.36. The van der Waals surface area contributed by atoms with E-state index in [4.69, 9.17) is 9.47 Å². The number of hydrogen-bond acceptors (Lipinski definition) is 4. The molecular formula is C20H24N2O4. The van der Waals surface area contributed by atoms with Gasteiger partial charge in [-0.1, -0.05) is 12.8 Å². The topological polar surface area (TPSA) is 59.1 Å². The van der Waals surface area contributed by atoms with Crippen LogP contribution in [0.3, 0.4) is 0 Å². The first-order valence-electron chi connectivity index (χ1n) is 9.62. The van der Waals surface area contributed by atoms with Crippen LogP contribution in [0.5, 0.6) is 11.5 Å². The van der Waals surface area contributed by atoms with Crippen molar-refractivity contribution in [3.8, 4) is 11.5 Å². The summed E-state index contributed by atoms with van der Waals surface area (Å²) in [6.45, 7) is 2.42. The van der Waals surface area contributed by atoms with Crippen LogP contribution < -0.4 is 14.4 Å². The summed E-state index contributed by atoms with van der Waals surface area (Å²) in [7, 11) is 0. The number of likely N-dealkylation sites (tertiary alicyclic amines) is 1. The summed E-state index contributed by atoms with van der Waals surface area (Å²) in [4.78, 5) is 29.3. The highest BCUT2D eigenvalue weighted by molar-refractivity contribution is 5.97. The van der Waals surface area contributed by atoms with Crippen molar-refractivity contribution >= 4 is 17.5 Å². The number of nitrogens with zero attached hydrogens (tertiary/aromatic N) is 2. The number of carbonyl (C=O) groups is 2. The molecule has 6 nitrogen and oxygen atoms in total. The molecule has 1 aromatic carbocycles. The van der Waals surface area contributed by atoms with Crippen molar-refractivity contribution in [1.82, 2.24) is 4.90 Å². The molecule has 1 atom stereocenters. The van der Waals surface area contributed by atoms with Crippen LogP contribution in [0.25, 0.3) is 0 Å². The molecule has 6 heteroatoms. The molecule has 0 N–H and O–H groups in total. The van der Waals surface area contributed by atoms with Crippen LogP contribution in [0.2, 0.25) is 0 Å². The monoisotopic (exact) mass is 356 g/mol. The highest BCUT2D eigenvalue weighted by Gasteiger charge is 2.49. The molecular weight excluding hydrogens is 332 g/mol. The zero-order valence-corrected chi connectivity index (χ0v) is 14.9. The molecule has 1 aliphatic carbocycles. The Kier molecular flexibility index (Phi) is 3.62. The van der Waals surface area contributed by atoms with Crippen molar-refractivity contribution in [3.63, 3.8) is 0 Å². The maximum atomic E-state index is 12.7. The average molecular weight is 356 g/mol. The Labute approximate surface area is 153 Å². The molecule has 4 aliphatic rings. The third kappa shape index (κ3) is 2.54. The molecule has 3 aliphatic heterocycles. The Morgan fingerprint density at radius 1 is 1.12 bits per heavy atom. The van der Waals surface area contributed by atoms with Crippen molar-refractivity contribution in [2.24, 2.45) is 11.3 Å². The van der Waals surface area contributed by atoms with Gasteiger partial charge in [0.2, 0.25) is 18.6 Å². The van der Waals surface area contributed by atoms with Crippen molar-refractivity contribution in [1.29, 1.82) is 0 Å². The molecule has 3 fully saturated rings. The first kappa shape index (κ1) is 16.0. The average Bonchev–Trinajstić information content (AvgIpc) is 3.42. The van der Waals surface area contributed by atoms with Crippen LogP contribution >= 0.6 is 0 Å². The molecule has 0 radical (unpaired) electrons. The Morgan fingerprint density at radius 3 is 2.77 bits per heavy atom. The Bertz CT molecular complexity index is 758. The van der Waals surface area contributed by atoms with E-state index in [-0.39, 0.29) is 24.0 Å². The van der Waals surface area contributed by atoms with Gasteiger partial charge in [-0.2, -0.15) is 0 Å². The molecule has 2 amide bonds. The molecule has 0 aromatic heterocycles. The summed E-state index contributed by atoms with van der Waals surface area (Å²) in [5, 5.41) is 0. The molecule has 2 saturated heterocycles. The molecule has 1 spiro atoms. The van der Waals surface area contributed by atoms with Gasteiger partial charge in [0.05, 0.1) is 0 Å². The van der Waals surface area contributed by atoms with Gasteiger partial charge < -0.3 is 19.3 Å². The van der Waals surface area contributed by atoms with Crippen LogP contribution in [0.4, 0.5) is 5.69 Å². The number of fused-ring (bicyclic) bond motifs is 1. The lowest BCUT2D eigenvalue weighted by molar-refractivity contribution is -0.134. The summed E-state index contributed by atoms with van der Waals surface area (Å²) in [6, 6.07) is 5.66. The van der Waals surface area contributed by atoms with E-state index in [1.54, 1.807) is 0 Å². The van der Waals surface area contributed by atoms with Gasteiger partial charge in [0.1, 0.15) is 0 Å². The van der Waals surface area contributed by atoms with Gasteiger partial charge in [-0.3, -0.25) is 9.59 Å². The minimum Gasteiger partial charge on any atom is -0.454 e. The first-order valence-corrected chi connectivity index (χ1v) is 9.62. The fraction of sp³-hybridized carbons (Fsp3) is 0.600. The predicted octanol–water partition coefficient (Wildman–Crippen LogP) is 2.56. The van der Waals surface area contributed by atoms with E-state index in [9.17, 15) is 9.59 Å². The number of hydrogen-bond donors (Lipinski definition) is 0. The quantitative estimate of drug-likeness (QED) is 0.817. The number of rotatable bonds is 2. The van der Waals surface area contributed by atoms with Gasteiger partial charge in [-0.25, -0.2) is 0 Å². The Morgan fingerprint density at radius 2 is 1.92 bits per heavy atom. The third-order valence-electron chi connectivity index (χ3n) is 6.44. The molecule has 1 saturated carbocycles. The van der Waals surface area contributed by atoms with Crippen LogP contribution in [0.1, 0.15) is 38.5 Å². The number of carbonyl (C=O) groups excluding carboxylic acids is 2. The minimum atomic E-state index is -0.0955. The van der Waals surface area contributed by atoms with Crippen LogP contribution in [0.15, 0.2) is 18.2 Å². The summed E-state index contributed by atoms with van der Waals surface area (Å²) in [6.07, 6.45) is 5.85. The molecule has 1 aromatic rings. The van der Waals surface area contributed by atoms with Crippen molar-refractivity contribution in [2.75, 3.05) is 31.3 Å². The summed E-state index contributed by atoms with van der Waals surface area (Å²) in [5.41, 5.74) is 0.763. The first-order chi connectivity index (χ1) is 12.6. The number of benzene rings is 1. The Hall–Kier alpha value is -2.24. The van der Waals surface area contributed by atoms with E-state index >= 15 is 0 Å². The molecule has 0 bridgehead atoms. The van der Waals surface area contributed by atoms with E-state index < -0.39 is 0 Å². The largest absolute Gasteiger partial charge is 0.454 e. The second-order valence-corrected chi connectivity index (χ2v) is 8.19.